The van der Waals surface area contributed by atoms with Gasteiger partial charge in [-0.15, -0.1) is 0 Å². The lowest BCUT2D eigenvalue weighted by molar-refractivity contribution is -0.383. The molecule has 0 aliphatic carbocycles. The van der Waals surface area contributed by atoms with Crippen molar-refractivity contribution in [2.75, 3.05) is 11.1 Å². The van der Waals surface area contributed by atoms with Crippen LogP contribution >= 0.6 is 0 Å². The maximum absolute atomic E-state index is 12.5. The molecule has 0 heterocycles. The number of nitrogens with one attached hydrogen (secondary N) is 1. The molecule has 0 spiro atoms. The quantitative estimate of drug-likeness (QED) is 0.345. The Kier molecular flexibility index (Phi) is 5.87. The Bertz CT molecular complexity index is 913. The third-order valence-corrected chi connectivity index (χ3v) is 3.60. The molecule has 11 heteroatoms. The number of nitro groups is 1. The summed E-state index contributed by atoms with van der Waals surface area (Å²) in [6, 6.07) is 6.96. The molecule has 0 radical (unpaired) electrons. The Morgan fingerprint density at radius 1 is 1.18 bits per heavy atom. The van der Waals surface area contributed by atoms with Crippen LogP contribution in [0.3, 0.4) is 0 Å². The van der Waals surface area contributed by atoms with Crippen LogP contribution in [0.4, 0.5) is 30.2 Å². The molecule has 28 heavy (non-hydrogen) atoms. The Morgan fingerprint density at radius 3 is 2.32 bits per heavy atom. The number of carbonyl (C=O) groups is 2. The summed E-state index contributed by atoms with van der Waals surface area (Å²) in [5, 5.41) is 13.2. The normalized spacial score (nSPS) is 12.1. The van der Waals surface area contributed by atoms with Crippen molar-refractivity contribution in [2.24, 2.45) is 0 Å². The first-order valence-corrected chi connectivity index (χ1v) is 7.72. The number of benzene rings is 2. The van der Waals surface area contributed by atoms with Gasteiger partial charge in [0, 0.05) is 11.8 Å². The van der Waals surface area contributed by atoms with Crippen LogP contribution in [0.5, 0.6) is 0 Å². The number of rotatable bonds is 5. The molecule has 3 N–H and O–H groups in total. The van der Waals surface area contributed by atoms with Crippen molar-refractivity contribution in [1.82, 2.24) is 0 Å². The zero-order chi connectivity index (χ0) is 21.1. The summed E-state index contributed by atoms with van der Waals surface area (Å²) in [7, 11) is 0. The van der Waals surface area contributed by atoms with Crippen molar-refractivity contribution in [3.63, 3.8) is 0 Å². The summed E-state index contributed by atoms with van der Waals surface area (Å²) < 4.78 is 42.5. The van der Waals surface area contributed by atoms with Gasteiger partial charge >= 0.3 is 12.1 Å². The maximum Gasteiger partial charge on any atom is 0.416 e. The number of nitrogens with zero attached hydrogens (tertiary/aromatic N) is 1. The molecule has 2 aromatic rings. The number of hydrogen-bond donors (Lipinski definition) is 2. The summed E-state index contributed by atoms with van der Waals surface area (Å²) >= 11 is 0. The van der Waals surface area contributed by atoms with E-state index in [4.69, 9.17) is 10.5 Å². The molecule has 8 nitrogen and oxygen atoms in total. The van der Waals surface area contributed by atoms with Gasteiger partial charge in [-0.2, -0.15) is 13.2 Å². The van der Waals surface area contributed by atoms with Crippen LogP contribution in [0, 0.1) is 10.1 Å². The molecule has 1 amide bonds. The van der Waals surface area contributed by atoms with Gasteiger partial charge in [-0.1, -0.05) is 0 Å². The number of carbonyl (C=O) groups excluding carboxylic acids is 2. The van der Waals surface area contributed by atoms with Gasteiger partial charge in [-0.05, 0) is 43.3 Å². The number of nitrogens with two attached hydrogens (primary N) is 1. The number of ether oxygens (including phenoxy) is 1. The van der Waals surface area contributed by atoms with Crippen LogP contribution in [0.1, 0.15) is 22.8 Å². The number of alkyl halides is 3. The van der Waals surface area contributed by atoms with Crippen molar-refractivity contribution in [2.45, 2.75) is 19.2 Å². The predicted octanol–water partition coefficient (Wildman–Crippen LogP) is 3.38. The number of nitro benzene ring substituents is 1. The first kappa shape index (κ1) is 20.7. The van der Waals surface area contributed by atoms with E-state index in [0.717, 1.165) is 36.4 Å². The van der Waals surface area contributed by atoms with E-state index >= 15 is 0 Å². The highest BCUT2D eigenvalue weighted by Crippen LogP contribution is 2.30. The molecular weight excluding hydrogens is 383 g/mol. The number of amides is 1. The standard InChI is InChI=1S/C17H14F3N3O5/c1-9(15(24)22-12-5-3-11(4-6-12)17(18,19)20)28-16(25)10-2-7-13(21)14(8-10)23(26)27/h2-9H,21H2,1H3,(H,22,24)/t9-/m1/s1. The Balaban J connectivity index is 2.03. The molecule has 0 fully saturated rings. The smallest absolute Gasteiger partial charge is 0.416 e. The van der Waals surface area contributed by atoms with E-state index < -0.39 is 40.3 Å². The van der Waals surface area contributed by atoms with E-state index in [0.29, 0.717) is 0 Å². The molecule has 0 saturated carbocycles. The van der Waals surface area contributed by atoms with Gasteiger partial charge in [0.2, 0.25) is 0 Å². The van der Waals surface area contributed by atoms with Gasteiger partial charge in [0.1, 0.15) is 5.69 Å². The summed E-state index contributed by atoms with van der Waals surface area (Å²) in [4.78, 5) is 34.2. The van der Waals surface area contributed by atoms with E-state index in [9.17, 15) is 32.9 Å². The molecule has 0 unspecified atom stereocenters. The van der Waals surface area contributed by atoms with Crippen LogP contribution in [0.15, 0.2) is 42.5 Å². The van der Waals surface area contributed by atoms with Crippen LogP contribution in [0.25, 0.3) is 0 Å². The number of anilines is 2. The topological polar surface area (TPSA) is 125 Å². The number of esters is 1. The van der Waals surface area contributed by atoms with Gasteiger partial charge in [0.25, 0.3) is 11.6 Å². The lowest BCUT2D eigenvalue weighted by atomic mass is 10.1. The number of nitrogen functional groups attached to an aromatic ring is 1. The van der Waals surface area contributed by atoms with Crippen LogP contribution < -0.4 is 11.1 Å². The predicted molar refractivity (Wildman–Crippen MR) is 92.5 cm³/mol. The number of halogens is 3. The largest absolute Gasteiger partial charge is 0.449 e. The van der Waals surface area contributed by atoms with Crippen molar-refractivity contribution in [1.29, 1.82) is 0 Å². The second kappa shape index (κ2) is 7.94. The minimum atomic E-state index is -4.51. The summed E-state index contributed by atoms with van der Waals surface area (Å²) in [5.41, 5.74) is 3.81. The first-order chi connectivity index (χ1) is 13.0. The van der Waals surface area contributed by atoms with Crippen molar-refractivity contribution in [3.05, 3.63) is 63.7 Å². The van der Waals surface area contributed by atoms with Crippen molar-refractivity contribution < 1.29 is 32.4 Å². The molecule has 148 valence electrons. The van der Waals surface area contributed by atoms with Crippen LogP contribution in [-0.2, 0) is 15.7 Å². The summed E-state index contributed by atoms with van der Waals surface area (Å²) in [6.45, 7) is 1.24. The Morgan fingerprint density at radius 2 is 1.79 bits per heavy atom. The highest BCUT2D eigenvalue weighted by atomic mass is 19.4. The van der Waals surface area contributed by atoms with E-state index in [2.05, 4.69) is 5.32 Å². The molecule has 0 bridgehead atoms. The van der Waals surface area contributed by atoms with Gasteiger partial charge in [-0.3, -0.25) is 14.9 Å². The maximum atomic E-state index is 12.5. The molecule has 2 aromatic carbocycles. The van der Waals surface area contributed by atoms with E-state index in [1.54, 1.807) is 0 Å². The van der Waals surface area contributed by atoms with E-state index in [1.165, 1.54) is 13.0 Å². The fourth-order valence-electron chi connectivity index (χ4n) is 2.10. The fourth-order valence-corrected chi connectivity index (χ4v) is 2.10. The molecule has 1 atom stereocenters. The molecule has 0 saturated heterocycles. The van der Waals surface area contributed by atoms with E-state index in [1.807, 2.05) is 0 Å². The molecule has 2 rings (SSSR count). The van der Waals surface area contributed by atoms with E-state index in [-0.39, 0.29) is 16.9 Å². The molecule has 0 aromatic heterocycles. The Hall–Kier alpha value is -3.63. The van der Waals surface area contributed by atoms with Crippen LogP contribution in [0.2, 0.25) is 0 Å². The van der Waals surface area contributed by atoms with Crippen molar-refractivity contribution in [3.8, 4) is 0 Å². The zero-order valence-corrected chi connectivity index (χ0v) is 14.3. The van der Waals surface area contributed by atoms with Gasteiger partial charge in [-0.25, -0.2) is 4.79 Å². The average Bonchev–Trinajstić information content (AvgIpc) is 2.61. The highest BCUT2D eigenvalue weighted by Gasteiger charge is 2.30. The molecule has 0 aliphatic heterocycles. The zero-order valence-electron chi connectivity index (χ0n) is 14.3. The monoisotopic (exact) mass is 397 g/mol. The molecule has 0 aliphatic rings. The fraction of sp³-hybridized carbons (Fsp3) is 0.176. The lowest BCUT2D eigenvalue weighted by Gasteiger charge is -2.14. The highest BCUT2D eigenvalue weighted by molar-refractivity contribution is 5.97. The first-order valence-electron chi connectivity index (χ1n) is 7.72. The van der Waals surface area contributed by atoms with Crippen LogP contribution in [-0.4, -0.2) is 22.9 Å². The second-order valence-electron chi connectivity index (χ2n) is 5.64. The second-order valence-corrected chi connectivity index (χ2v) is 5.64. The average molecular weight is 397 g/mol. The Labute approximate surface area is 156 Å². The molecular formula is C17H14F3N3O5. The van der Waals surface area contributed by atoms with Crippen molar-refractivity contribution >= 4 is 28.9 Å². The third kappa shape index (κ3) is 4.96. The van der Waals surface area contributed by atoms with Gasteiger partial charge in [0.15, 0.2) is 6.10 Å². The summed E-state index contributed by atoms with van der Waals surface area (Å²) in [6.07, 6.45) is -5.82. The number of hydrogen-bond acceptors (Lipinski definition) is 6. The van der Waals surface area contributed by atoms with Gasteiger partial charge < -0.3 is 15.8 Å². The summed E-state index contributed by atoms with van der Waals surface area (Å²) in [5.74, 6) is -1.80. The van der Waals surface area contributed by atoms with Gasteiger partial charge in [0.05, 0.1) is 16.1 Å². The minimum absolute atomic E-state index is 0.0732. The SMILES string of the molecule is C[C@@H](OC(=O)c1ccc(N)c([N+](=O)[O-])c1)C(=O)Nc1ccc(C(F)(F)F)cc1. The third-order valence-electron chi connectivity index (χ3n) is 3.60. The lowest BCUT2D eigenvalue weighted by Crippen LogP contribution is -2.30. The minimum Gasteiger partial charge on any atom is -0.449 e.